The van der Waals surface area contributed by atoms with Gasteiger partial charge in [0.1, 0.15) is 4.91 Å². The van der Waals surface area contributed by atoms with E-state index in [9.17, 15) is 9.00 Å². The number of nitrogens with two attached hydrogens (primary N) is 2. The zero-order chi connectivity index (χ0) is 23.9. The summed E-state index contributed by atoms with van der Waals surface area (Å²) in [4.78, 5) is 22.0. The number of ether oxygens (including phenoxy) is 2. The van der Waals surface area contributed by atoms with Gasteiger partial charge in [0.15, 0.2) is 9.92 Å². The van der Waals surface area contributed by atoms with E-state index in [2.05, 4.69) is 14.7 Å². The number of methoxy groups -OCH3 is 1. The summed E-state index contributed by atoms with van der Waals surface area (Å²) in [6.45, 7) is 0.944. The molecule has 0 bridgehead atoms. The van der Waals surface area contributed by atoms with Gasteiger partial charge < -0.3 is 20.5 Å². The third-order valence-electron chi connectivity index (χ3n) is 7.41. The quantitative estimate of drug-likeness (QED) is 0.577. The summed E-state index contributed by atoms with van der Waals surface area (Å²) < 4.78 is 28.2. The van der Waals surface area contributed by atoms with Gasteiger partial charge in [0.05, 0.1) is 18.4 Å². The second-order valence-corrected chi connectivity index (χ2v) is 11.2. The number of aliphatic imine (C=N–C) groups is 1. The molecule has 5 N–H and O–H groups in total. The molecule has 1 aliphatic heterocycles. The Balaban J connectivity index is 1.32. The Labute approximate surface area is 199 Å². The van der Waals surface area contributed by atoms with Crippen LogP contribution in [0.25, 0.3) is 0 Å². The summed E-state index contributed by atoms with van der Waals surface area (Å²) in [6, 6.07) is -0.768. The minimum Gasteiger partial charge on any atom is -0.477 e. The fraction of sp³-hybridized carbons (Fsp3) is 0.609. The van der Waals surface area contributed by atoms with Gasteiger partial charge in [-0.05, 0) is 68.4 Å². The number of aromatic nitrogens is 1. The van der Waals surface area contributed by atoms with E-state index >= 15 is 0 Å². The van der Waals surface area contributed by atoms with Crippen LogP contribution in [0.4, 0.5) is 10.5 Å². The fourth-order valence-electron chi connectivity index (χ4n) is 5.44. The zero-order valence-corrected chi connectivity index (χ0v) is 20.2. The number of rotatable bonds is 5. The molecule has 2 unspecified atom stereocenters. The maximum Gasteiger partial charge on any atom is 0.354 e. The van der Waals surface area contributed by atoms with Crippen molar-refractivity contribution >= 4 is 27.5 Å². The number of aryl methyl sites for hydroxylation is 2. The average molecular weight is 489 g/mol. The normalized spacial score (nSPS) is 27.5. The molecular weight excluding hydrogens is 456 g/mol. The Morgan fingerprint density at radius 2 is 1.85 bits per heavy atom. The van der Waals surface area contributed by atoms with Gasteiger partial charge >= 0.3 is 6.03 Å². The lowest BCUT2D eigenvalue weighted by Crippen LogP contribution is -2.41. The van der Waals surface area contributed by atoms with E-state index in [1.165, 1.54) is 0 Å². The molecule has 34 heavy (non-hydrogen) atoms. The van der Waals surface area contributed by atoms with Crippen molar-refractivity contribution < 1.29 is 18.5 Å². The maximum atomic E-state index is 13.3. The lowest BCUT2D eigenvalue weighted by molar-refractivity contribution is -0.0291. The monoisotopic (exact) mass is 488 g/mol. The van der Waals surface area contributed by atoms with Crippen LogP contribution in [-0.4, -0.2) is 47.5 Å². The van der Waals surface area contributed by atoms with Crippen molar-refractivity contribution in [2.45, 2.75) is 57.5 Å². The molecular formula is C23H32N6O4S. The Kier molecular flexibility index (Phi) is 6.34. The number of nitrogens with zero attached hydrogens (tertiary/aromatic N) is 3. The molecule has 2 heterocycles. The highest BCUT2D eigenvalue weighted by Crippen LogP contribution is 2.38. The first kappa shape index (κ1) is 23.3. The topological polar surface area (TPSA) is 154 Å². The summed E-state index contributed by atoms with van der Waals surface area (Å²) in [6.07, 6.45) is 8.88. The van der Waals surface area contributed by atoms with Gasteiger partial charge in [-0.1, -0.05) is 0 Å². The molecule has 0 radical (unpaired) electrons. The molecule has 5 rings (SSSR count). The van der Waals surface area contributed by atoms with Crippen molar-refractivity contribution in [3.8, 4) is 0 Å². The van der Waals surface area contributed by atoms with Gasteiger partial charge in [0.2, 0.25) is 5.90 Å². The molecule has 0 aromatic carbocycles. The van der Waals surface area contributed by atoms with Crippen LogP contribution in [-0.2, 0) is 45.1 Å². The molecule has 11 heteroatoms. The summed E-state index contributed by atoms with van der Waals surface area (Å²) in [5, 5.41) is 8.87. The zero-order valence-electron chi connectivity index (χ0n) is 19.4. The predicted molar refractivity (Wildman–Crippen MR) is 130 cm³/mol. The lowest BCUT2D eigenvalue weighted by atomic mass is 9.74. The SMILES string of the molecule is COC1CC(C2CN=C(/C(=C\N)S(N)(=O)=NC(=O)Nc3c4c(nc5c3CCC5)CCC4)OC2)C1. The molecule has 1 fully saturated rings. The number of anilines is 1. The largest absolute Gasteiger partial charge is 0.477 e. The van der Waals surface area contributed by atoms with E-state index in [4.69, 9.17) is 25.3 Å². The van der Waals surface area contributed by atoms with E-state index in [0.29, 0.717) is 25.2 Å². The van der Waals surface area contributed by atoms with Crippen LogP contribution in [0.5, 0.6) is 0 Å². The predicted octanol–water partition coefficient (Wildman–Crippen LogP) is 2.20. The van der Waals surface area contributed by atoms with Crippen LogP contribution in [0.3, 0.4) is 0 Å². The first-order chi connectivity index (χ1) is 16.4. The minimum absolute atomic E-state index is 0.0605. The third-order valence-corrected chi connectivity index (χ3v) is 8.79. The first-order valence-electron chi connectivity index (χ1n) is 11.9. The second-order valence-electron chi connectivity index (χ2n) is 9.47. The maximum absolute atomic E-state index is 13.3. The second kappa shape index (κ2) is 9.27. The number of nitrogens with one attached hydrogen (secondary N) is 1. The highest BCUT2D eigenvalue weighted by molar-refractivity contribution is 7.96. The highest BCUT2D eigenvalue weighted by Gasteiger charge is 2.37. The van der Waals surface area contributed by atoms with Crippen molar-refractivity contribution in [2.75, 3.05) is 25.6 Å². The lowest BCUT2D eigenvalue weighted by Gasteiger charge is -2.40. The molecule has 0 saturated heterocycles. The van der Waals surface area contributed by atoms with Gasteiger partial charge in [-0.3, -0.25) is 9.98 Å². The Bertz CT molecular complexity index is 1150. The first-order valence-corrected chi connectivity index (χ1v) is 13.5. The van der Waals surface area contributed by atoms with Crippen molar-refractivity contribution in [3.05, 3.63) is 33.6 Å². The molecule has 184 valence electrons. The molecule has 4 aliphatic rings. The van der Waals surface area contributed by atoms with Crippen LogP contribution in [0, 0.1) is 11.8 Å². The molecule has 1 saturated carbocycles. The van der Waals surface area contributed by atoms with E-state index in [0.717, 1.165) is 85.8 Å². The number of carbonyl (C=O) groups is 1. The van der Waals surface area contributed by atoms with Gasteiger partial charge in [-0.25, -0.2) is 14.1 Å². The van der Waals surface area contributed by atoms with E-state index in [1.807, 2.05) is 0 Å². The van der Waals surface area contributed by atoms with Gasteiger partial charge in [0.25, 0.3) is 0 Å². The molecule has 3 aliphatic carbocycles. The Hall–Kier alpha value is -2.50. The van der Waals surface area contributed by atoms with Crippen LogP contribution in [0.2, 0.25) is 0 Å². The third kappa shape index (κ3) is 4.32. The standard InChI is InChI=1S/C23H32N6O4S/c1-32-15-8-13(9-15)14-11-26-22(33-12-14)20(10-24)34(25,31)29-23(30)28-21-16-4-2-6-18(16)27-19-7-3-5-17(19)21/h10,13-15H,2-9,11-12,24H2,1H3,(H3,25,27,28,29,30,31)/b20-10+. The van der Waals surface area contributed by atoms with Crippen LogP contribution >= 0.6 is 0 Å². The molecule has 2 amide bonds. The number of hydrogen-bond donors (Lipinski definition) is 3. The number of urea groups is 1. The average Bonchev–Trinajstić information content (AvgIpc) is 3.43. The number of amides is 2. The minimum atomic E-state index is -3.65. The molecule has 10 nitrogen and oxygen atoms in total. The summed E-state index contributed by atoms with van der Waals surface area (Å²) in [7, 11) is -1.93. The number of carbonyl (C=O) groups excluding carboxylic acids is 1. The van der Waals surface area contributed by atoms with Crippen LogP contribution in [0.1, 0.15) is 48.2 Å². The van der Waals surface area contributed by atoms with Gasteiger partial charge in [0, 0.05) is 37.2 Å². The molecule has 1 aromatic rings. The fourth-order valence-corrected chi connectivity index (χ4v) is 6.39. The number of fused-ring (bicyclic) bond motifs is 2. The van der Waals surface area contributed by atoms with E-state index in [1.54, 1.807) is 7.11 Å². The van der Waals surface area contributed by atoms with Crippen molar-refractivity contribution in [2.24, 2.45) is 32.1 Å². The number of hydrogen-bond acceptors (Lipinski definition) is 7. The summed E-state index contributed by atoms with van der Waals surface area (Å²) in [5.41, 5.74) is 10.7. The Morgan fingerprint density at radius 3 is 2.41 bits per heavy atom. The van der Waals surface area contributed by atoms with Gasteiger partial charge in [-0.15, -0.1) is 4.36 Å². The highest BCUT2D eigenvalue weighted by atomic mass is 32.2. The summed E-state index contributed by atoms with van der Waals surface area (Å²) >= 11 is 0. The van der Waals surface area contributed by atoms with Crippen molar-refractivity contribution in [3.63, 3.8) is 0 Å². The smallest absolute Gasteiger partial charge is 0.354 e. The Morgan fingerprint density at radius 1 is 1.18 bits per heavy atom. The van der Waals surface area contributed by atoms with Crippen molar-refractivity contribution in [1.82, 2.24) is 4.98 Å². The molecule has 0 spiro atoms. The van der Waals surface area contributed by atoms with Crippen LogP contribution in [0.15, 0.2) is 20.5 Å². The van der Waals surface area contributed by atoms with E-state index < -0.39 is 15.9 Å². The molecule has 2 atom stereocenters. The van der Waals surface area contributed by atoms with E-state index in [-0.39, 0.29) is 16.7 Å². The van der Waals surface area contributed by atoms with Gasteiger partial charge in [-0.2, -0.15) is 0 Å². The molecule has 1 aromatic heterocycles. The summed E-state index contributed by atoms with van der Waals surface area (Å²) in [5.74, 6) is 0.845. The number of pyridine rings is 1. The van der Waals surface area contributed by atoms with Crippen LogP contribution < -0.4 is 16.2 Å². The van der Waals surface area contributed by atoms with Crippen molar-refractivity contribution in [1.29, 1.82) is 0 Å².